The number of likely N-dealkylation sites (tertiary alicyclic amines) is 1. The van der Waals surface area contributed by atoms with Crippen molar-refractivity contribution in [3.05, 3.63) is 18.6 Å². The maximum Gasteiger partial charge on any atom is 0.232 e. The Hall–Kier alpha value is -1.69. The van der Waals surface area contributed by atoms with Gasteiger partial charge in [-0.05, 0) is 25.2 Å². The molecule has 28 heavy (non-hydrogen) atoms. The molecule has 6 heteroatoms. The lowest BCUT2D eigenvalue weighted by atomic mass is 9.83. The van der Waals surface area contributed by atoms with Crippen molar-refractivity contribution < 1.29 is 14.3 Å². The molecule has 6 nitrogen and oxygen atoms in total. The van der Waals surface area contributed by atoms with Crippen molar-refractivity contribution in [3.8, 4) is 5.88 Å². The summed E-state index contributed by atoms with van der Waals surface area (Å²) in [7, 11) is 0. The van der Waals surface area contributed by atoms with Crippen molar-refractivity contribution in [2.24, 2.45) is 5.92 Å². The monoisotopic (exact) mass is 387 g/mol. The summed E-state index contributed by atoms with van der Waals surface area (Å²) >= 11 is 0. The molecule has 1 aliphatic carbocycles. The second-order valence-electron chi connectivity index (χ2n) is 8.73. The van der Waals surface area contributed by atoms with Crippen molar-refractivity contribution in [1.82, 2.24) is 14.9 Å². The van der Waals surface area contributed by atoms with Gasteiger partial charge in [0.25, 0.3) is 0 Å². The largest absolute Gasteiger partial charge is 0.473 e. The highest BCUT2D eigenvalue weighted by Gasteiger charge is 2.42. The highest BCUT2D eigenvalue weighted by molar-refractivity contribution is 5.76. The molecular formula is C22H33N3O3. The molecule has 2 aliphatic heterocycles. The average Bonchev–Trinajstić information content (AvgIpc) is 2.74. The van der Waals surface area contributed by atoms with Gasteiger partial charge in [-0.15, -0.1) is 0 Å². The first kappa shape index (κ1) is 19.6. The Morgan fingerprint density at radius 3 is 2.75 bits per heavy atom. The number of ether oxygens (including phenoxy) is 2. The Morgan fingerprint density at radius 2 is 2.00 bits per heavy atom. The molecular weight excluding hydrogens is 354 g/mol. The van der Waals surface area contributed by atoms with E-state index in [9.17, 15) is 4.79 Å². The topological polar surface area (TPSA) is 64.6 Å². The number of carbonyl (C=O) groups is 1. The molecule has 1 aromatic rings. The zero-order chi connectivity index (χ0) is 19.2. The molecule has 3 aliphatic rings. The van der Waals surface area contributed by atoms with E-state index in [0.717, 1.165) is 57.5 Å². The van der Waals surface area contributed by atoms with E-state index in [1.807, 2.05) is 0 Å². The van der Waals surface area contributed by atoms with E-state index < -0.39 is 0 Å². The smallest absolute Gasteiger partial charge is 0.232 e. The molecule has 2 saturated heterocycles. The Balaban J connectivity index is 1.23. The third kappa shape index (κ3) is 5.02. The van der Waals surface area contributed by atoms with Gasteiger partial charge in [-0.1, -0.05) is 32.1 Å². The SMILES string of the molecule is O=C(CCC1CCCCC1)N1CCC2(CC1)CC(Oc1cnccn1)CCO2. The van der Waals surface area contributed by atoms with Crippen molar-refractivity contribution >= 4 is 5.91 Å². The minimum absolute atomic E-state index is 0.110. The molecule has 1 unspecified atom stereocenters. The maximum absolute atomic E-state index is 12.7. The summed E-state index contributed by atoms with van der Waals surface area (Å²) in [5.74, 6) is 1.69. The molecule has 0 N–H and O–H groups in total. The van der Waals surface area contributed by atoms with Crippen LogP contribution in [0.4, 0.5) is 0 Å². The van der Waals surface area contributed by atoms with Crippen LogP contribution in [0.5, 0.6) is 5.88 Å². The summed E-state index contributed by atoms with van der Waals surface area (Å²) in [6, 6.07) is 0. The van der Waals surface area contributed by atoms with Gasteiger partial charge in [0.1, 0.15) is 6.10 Å². The Labute approximate surface area is 168 Å². The van der Waals surface area contributed by atoms with Gasteiger partial charge in [0.05, 0.1) is 18.4 Å². The fourth-order valence-electron chi connectivity index (χ4n) is 5.07. The van der Waals surface area contributed by atoms with Crippen LogP contribution in [0.25, 0.3) is 0 Å². The van der Waals surface area contributed by atoms with E-state index in [2.05, 4.69) is 14.9 Å². The Kier molecular flexibility index (Phi) is 6.45. The van der Waals surface area contributed by atoms with Crippen LogP contribution in [0.15, 0.2) is 18.6 Å². The number of carbonyl (C=O) groups excluding carboxylic acids is 1. The van der Waals surface area contributed by atoms with Crippen LogP contribution in [0.2, 0.25) is 0 Å². The second kappa shape index (κ2) is 9.21. The number of amides is 1. The molecule has 1 atom stereocenters. The van der Waals surface area contributed by atoms with Gasteiger partial charge < -0.3 is 14.4 Å². The number of rotatable bonds is 5. The van der Waals surface area contributed by atoms with Crippen LogP contribution in [-0.4, -0.2) is 52.2 Å². The molecule has 0 bridgehead atoms. The van der Waals surface area contributed by atoms with Gasteiger partial charge in [0.15, 0.2) is 0 Å². The minimum Gasteiger partial charge on any atom is -0.473 e. The van der Waals surface area contributed by atoms with E-state index in [-0.39, 0.29) is 11.7 Å². The highest BCUT2D eigenvalue weighted by Crippen LogP contribution is 2.36. The quantitative estimate of drug-likeness (QED) is 0.770. The average molecular weight is 388 g/mol. The van der Waals surface area contributed by atoms with Crippen LogP contribution in [0.3, 0.4) is 0 Å². The number of nitrogens with zero attached hydrogens (tertiary/aromatic N) is 3. The summed E-state index contributed by atoms with van der Waals surface area (Å²) in [5, 5.41) is 0. The zero-order valence-electron chi connectivity index (χ0n) is 16.9. The van der Waals surface area contributed by atoms with Crippen LogP contribution in [0, 0.1) is 5.92 Å². The fraction of sp³-hybridized carbons (Fsp3) is 0.773. The predicted molar refractivity (Wildman–Crippen MR) is 106 cm³/mol. The van der Waals surface area contributed by atoms with Crippen LogP contribution >= 0.6 is 0 Å². The van der Waals surface area contributed by atoms with E-state index in [0.29, 0.717) is 18.4 Å². The second-order valence-corrected chi connectivity index (χ2v) is 8.73. The van der Waals surface area contributed by atoms with Crippen LogP contribution in [-0.2, 0) is 9.53 Å². The number of aromatic nitrogens is 2. The fourth-order valence-corrected chi connectivity index (χ4v) is 5.07. The van der Waals surface area contributed by atoms with E-state index in [4.69, 9.17) is 9.47 Å². The predicted octanol–water partition coefficient (Wildman–Crippen LogP) is 3.76. The van der Waals surface area contributed by atoms with Crippen LogP contribution < -0.4 is 4.74 Å². The summed E-state index contributed by atoms with van der Waals surface area (Å²) in [6.07, 6.45) is 17.1. The van der Waals surface area contributed by atoms with Gasteiger partial charge in [-0.3, -0.25) is 9.78 Å². The van der Waals surface area contributed by atoms with Crippen molar-refractivity contribution in [2.45, 2.75) is 82.3 Å². The minimum atomic E-state index is -0.148. The molecule has 3 fully saturated rings. The van der Waals surface area contributed by atoms with Crippen molar-refractivity contribution in [2.75, 3.05) is 19.7 Å². The van der Waals surface area contributed by atoms with E-state index >= 15 is 0 Å². The summed E-state index contributed by atoms with van der Waals surface area (Å²) < 4.78 is 12.2. The Bertz CT molecular complexity index is 625. The van der Waals surface area contributed by atoms with E-state index in [1.54, 1.807) is 18.6 Å². The van der Waals surface area contributed by atoms with E-state index in [1.165, 1.54) is 32.1 Å². The molecule has 1 aromatic heterocycles. The first-order chi connectivity index (χ1) is 13.7. The van der Waals surface area contributed by atoms with Crippen molar-refractivity contribution in [1.29, 1.82) is 0 Å². The Morgan fingerprint density at radius 1 is 1.18 bits per heavy atom. The summed E-state index contributed by atoms with van der Waals surface area (Å²) in [6.45, 7) is 2.32. The molecule has 0 radical (unpaired) electrons. The molecule has 4 rings (SSSR count). The highest BCUT2D eigenvalue weighted by atomic mass is 16.5. The third-order valence-corrected chi connectivity index (χ3v) is 6.79. The lowest BCUT2D eigenvalue weighted by Crippen LogP contribution is -2.52. The van der Waals surface area contributed by atoms with Gasteiger partial charge in [-0.25, -0.2) is 4.98 Å². The van der Waals surface area contributed by atoms with Crippen molar-refractivity contribution in [3.63, 3.8) is 0 Å². The lowest BCUT2D eigenvalue weighted by molar-refractivity contribution is -0.152. The first-order valence-electron chi connectivity index (χ1n) is 11.1. The number of hydrogen-bond donors (Lipinski definition) is 0. The standard InChI is InChI=1S/C22H33N3O3/c26-21(7-6-18-4-2-1-3-5-18)25-13-9-22(10-14-25)16-19(8-15-27-22)28-20-17-23-11-12-24-20/h11-12,17-19H,1-10,13-16H2. The summed E-state index contributed by atoms with van der Waals surface area (Å²) in [4.78, 5) is 23.0. The normalized spacial score (nSPS) is 25.6. The molecule has 0 aromatic carbocycles. The molecule has 154 valence electrons. The van der Waals surface area contributed by atoms with Gasteiger partial charge >= 0.3 is 0 Å². The number of hydrogen-bond acceptors (Lipinski definition) is 5. The molecule has 1 amide bonds. The maximum atomic E-state index is 12.7. The lowest BCUT2D eigenvalue weighted by Gasteiger charge is -2.46. The number of piperidine rings is 1. The van der Waals surface area contributed by atoms with Crippen LogP contribution in [0.1, 0.15) is 70.6 Å². The van der Waals surface area contributed by atoms with Gasteiger partial charge in [-0.2, -0.15) is 0 Å². The molecule has 1 spiro atoms. The first-order valence-corrected chi connectivity index (χ1v) is 11.1. The van der Waals surface area contributed by atoms with Gasteiger partial charge in [0, 0.05) is 44.7 Å². The zero-order valence-corrected chi connectivity index (χ0v) is 16.9. The molecule has 3 heterocycles. The van der Waals surface area contributed by atoms with Gasteiger partial charge in [0.2, 0.25) is 11.8 Å². The third-order valence-electron chi connectivity index (χ3n) is 6.79. The molecule has 1 saturated carbocycles. The summed E-state index contributed by atoms with van der Waals surface area (Å²) in [5.41, 5.74) is -0.148.